The monoisotopic (exact) mass is 290 g/mol. The van der Waals surface area contributed by atoms with E-state index in [1.807, 2.05) is 47.9 Å². The number of H-pyrrole nitrogens is 1. The van der Waals surface area contributed by atoms with Crippen LogP contribution < -0.4 is 4.74 Å². The Morgan fingerprint density at radius 3 is 2.90 bits per heavy atom. The van der Waals surface area contributed by atoms with E-state index in [0.29, 0.717) is 12.3 Å². The molecule has 20 heavy (non-hydrogen) atoms. The van der Waals surface area contributed by atoms with Crippen LogP contribution in [0, 0.1) is 0 Å². The van der Waals surface area contributed by atoms with Gasteiger partial charge in [-0.05, 0) is 25.1 Å². The number of thioether (sulfide) groups is 1. The van der Waals surface area contributed by atoms with Gasteiger partial charge in [-0.1, -0.05) is 0 Å². The molecule has 0 bridgehead atoms. The molecule has 2 aromatic rings. The number of carbonyl (C=O) groups is 1. The van der Waals surface area contributed by atoms with Gasteiger partial charge in [0.25, 0.3) is 5.91 Å². The van der Waals surface area contributed by atoms with E-state index in [9.17, 15) is 4.79 Å². The number of aromatic nitrogens is 1. The maximum Gasteiger partial charge on any atom is 0.270 e. The Balaban J connectivity index is 1.86. The van der Waals surface area contributed by atoms with Crippen molar-refractivity contribution in [2.24, 2.45) is 0 Å². The Morgan fingerprint density at radius 2 is 2.15 bits per heavy atom. The number of carbonyl (C=O) groups excluding carboxylic acids is 1. The molecule has 1 saturated heterocycles. The number of benzene rings is 1. The Kier molecular flexibility index (Phi) is 3.87. The fourth-order valence-electron chi connectivity index (χ4n) is 2.41. The summed E-state index contributed by atoms with van der Waals surface area (Å²) in [6, 6.07) is 7.79. The number of nitrogens with one attached hydrogen (secondary N) is 1. The summed E-state index contributed by atoms with van der Waals surface area (Å²) < 4.78 is 5.48. The minimum Gasteiger partial charge on any atom is -0.494 e. The molecule has 1 amide bonds. The molecule has 106 valence electrons. The van der Waals surface area contributed by atoms with Crippen molar-refractivity contribution < 1.29 is 9.53 Å². The van der Waals surface area contributed by atoms with Gasteiger partial charge < -0.3 is 14.6 Å². The van der Waals surface area contributed by atoms with Crippen LogP contribution >= 0.6 is 11.8 Å². The molecule has 1 aliphatic heterocycles. The predicted octanol–water partition coefficient (Wildman–Crippen LogP) is 2.76. The maximum atomic E-state index is 12.4. The first-order valence-corrected chi connectivity index (χ1v) is 8.06. The second kappa shape index (κ2) is 5.79. The van der Waals surface area contributed by atoms with Gasteiger partial charge >= 0.3 is 0 Å². The summed E-state index contributed by atoms with van der Waals surface area (Å²) in [7, 11) is 0. The average molecular weight is 290 g/mol. The van der Waals surface area contributed by atoms with Crippen LogP contribution in [0.2, 0.25) is 0 Å². The molecule has 0 unspecified atom stereocenters. The van der Waals surface area contributed by atoms with Gasteiger partial charge in [0.05, 0.1) is 6.61 Å². The van der Waals surface area contributed by atoms with Gasteiger partial charge in [0.2, 0.25) is 0 Å². The third-order valence-corrected chi connectivity index (χ3v) is 4.38. The Bertz CT molecular complexity index is 617. The highest BCUT2D eigenvalue weighted by molar-refractivity contribution is 7.99. The smallest absolute Gasteiger partial charge is 0.270 e. The molecule has 5 heteroatoms. The van der Waals surface area contributed by atoms with Crippen LogP contribution in [-0.4, -0.2) is 47.0 Å². The van der Waals surface area contributed by atoms with Crippen LogP contribution in [0.15, 0.2) is 24.3 Å². The normalized spacial score (nSPS) is 15.6. The molecule has 1 aromatic carbocycles. The molecule has 1 aromatic heterocycles. The molecular formula is C15H18N2O2S. The van der Waals surface area contributed by atoms with Crippen LogP contribution in [0.3, 0.4) is 0 Å². The molecule has 0 spiro atoms. The highest BCUT2D eigenvalue weighted by atomic mass is 32.2. The van der Waals surface area contributed by atoms with Crippen LogP contribution in [0.25, 0.3) is 10.9 Å². The lowest BCUT2D eigenvalue weighted by Gasteiger charge is -2.25. The summed E-state index contributed by atoms with van der Waals surface area (Å²) in [5.41, 5.74) is 1.62. The average Bonchev–Trinajstić information content (AvgIpc) is 2.91. The van der Waals surface area contributed by atoms with Crippen molar-refractivity contribution in [2.45, 2.75) is 6.92 Å². The van der Waals surface area contributed by atoms with Gasteiger partial charge in [-0.2, -0.15) is 11.8 Å². The van der Waals surface area contributed by atoms with Crippen molar-refractivity contribution in [1.29, 1.82) is 0 Å². The number of nitrogens with zero attached hydrogens (tertiary/aromatic N) is 1. The first kappa shape index (κ1) is 13.4. The topological polar surface area (TPSA) is 45.3 Å². The Morgan fingerprint density at radius 1 is 1.35 bits per heavy atom. The molecule has 2 heterocycles. The van der Waals surface area contributed by atoms with E-state index in [1.165, 1.54) is 0 Å². The molecular weight excluding hydrogens is 272 g/mol. The molecule has 0 aliphatic carbocycles. The SMILES string of the molecule is CCOc1ccc2cc(C(=O)N3CCSCC3)[nH]c2c1. The lowest BCUT2D eigenvalue weighted by Crippen LogP contribution is -2.38. The van der Waals surface area contributed by atoms with Crippen LogP contribution in [-0.2, 0) is 0 Å². The summed E-state index contributed by atoms with van der Waals surface area (Å²) in [6.07, 6.45) is 0. The molecule has 0 radical (unpaired) electrons. The second-order valence-electron chi connectivity index (χ2n) is 4.77. The number of hydrogen-bond acceptors (Lipinski definition) is 3. The minimum absolute atomic E-state index is 0.0967. The van der Waals surface area contributed by atoms with Crippen molar-refractivity contribution in [3.8, 4) is 5.75 Å². The molecule has 4 nitrogen and oxygen atoms in total. The molecule has 0 saturated carbocycles. The summed E-state index contributed by atoms with van der Waals surface area (Å²) in [4.78, 5) is 17.6. The molecule has 3 rings (SSSR count). The third-order valence-electron chi connectivity index (χ3n) is 3.43. The number of aromatic amines is 1. The van der Waals surface area contributed by atoms with E-state index in [-0.39, 0.29) is 5.91 Å². The third kappa shape index (κ3) is 2.63. The number of hydrogen-bond donors (Lipinski definition) is 1. The van der Waals surface area contributed by atoms with Gasteiger partial charge in [0.15, 0.2) is 0 Å². The van der Waals surface area contributed by atoms with Crippen molar-refractivity contribution in [3.05, 3.63) is 30.0 Å². The van der Waals surface area contributed by atoms with Gasteiger partial charge in [0.1, 0.15) is 11.4 Å². The minimum atomic E-state index is 0.0967. The van der Waals surface area contributed by atoms with Crippen LogP contribution in [0.4, 0.5) is 0 Å². The zero-order valence-electron chi connectivity index (χ0n) is 11.5. The van der Waals surface area contributed by atoms with E-state index in [2.05, 4.69) is 4.98 Å². The highest BCUT2D eigenvalue weighted by Gasteiger charge is 2.19. The van der Waals surface area contributed by atoms with E-state index in [1.54, 1.807) is 0 Å². The molecule has 1 N–H and O–H groups in total. The van der Waals surface area contributed by atoms with Crippen LogP contribution in [0.1, 0.15) is 17.4 Å². The summed E-state index contributed by atoms with van der Waals surface area (Å²) in [5.74, 6) is 2.98. The number of amides is 1. The predicted molar refractivity (Wildman–Crippen MR) is 82.7 cm³/mol. The van der Waals surface area contributed by atoms with Crippen LogP contribution in [0.5, 0.6) is 5.75 Å². The molecule has 0 atom stereocenters. The van der Waals surface area contributed by atoms with Gasteiger partial charge in [0, 0.05) is 41.6 Å². The fraction of sp³-hybridized carbons (Fsp3) is 0.400. The number of fused-ring (bicyclic) bond motifs is 1. The second-order valence-corrected chi connectivity index (χ2v) is 5.99. The van der Waals surface area contributed by atoms with Crippen molar-refractivity contribution in [1.82, 2.24) is 9.88 Å². The largest absolute Gasteiger partial charge is 0.494 e. The fourth-order valence-corrected chi connectivity index (χ4v) is 3.32. The van der Waals surface area contributed by atoms with Crippen molar-refractivity contribution >= 4 is 28.6 Å². The highest BCUT2D eigenvalue weighted by Crippen LogP contribution is 2.22. The lowest BCUT2D eigenvalue weighted by atomic mass is 10.2. The lowest BCUT2D eigenvalue weighted by molar-refractivity contribution is 0.0767. The maximum absolute atomic E-state index is 12.4. The summed E-state index contributed by atoms with van der Waals surface area (Å²) in [6.45, 7) is 4.28. The molecule has 1 fully saturated rings. The first-order chi connectivity index (χ1) is 9.78. The zero-order valence-corrected chi connectivity index (χ0v) is 12.3. The summed E-state index contributed by atoms with van der Waals surface area (Å²) >= 11 is 1.90. The zero-order chi connectivity index (χ0) is 13.9. The van der Waals surface area contributed by atoms with Crippen molar-refractivity contribution in [2.75, 3.05) is 31.2 Å². The van der Waals surface area contributed by atoms with E-state index in [4.69, 9.17) is 4.74 Å². The van der Waals surface area contributed by atoms with Crippen molar-refractivity contribution in [3.63, 3.8) is 0 Å². The number of ether oxygens (including phenoxy) is 1. The van der Waals surface area contributed by atoms with Gasteiger partial charge in [-0.3, -0.25) is 4.79 Å². The van der Waals surface area contributed by atoms with Gasteiger partial charge in [-0.15, -0.1) is 0 Å². The van der Waals surface area contributed by atoms with Gasteiger partial charge in [-0.25, -0.2) is 0 Å². The van der Waals surface area contributed by atoms with E-state index in [0.717, 1.165) is 41.2 Å². The Labute approximate surface area is 122 Å². The number of rotatable bonds is 3. The van der Waals surface area contributed by atoms with E-state index < -0.39 is 0 Å². The van der Waals surface area contributed by atoms with E-state index >= 15 is 0 Å². The standard InChI is InChI=1S/C15H18N2O2S/c1-2-19-12-4-3-11-9-14(16-13(11)10-12)15(18)17-5-7-20-8-6-17/h3-4,9-10,16H,2,5-8H2,1H3. The summed E-state index contributed by atoms with van der Waals surface area (Å²) in [5, 5.41) is 1.04. The quantitative estimate of drug-likeness (QED) is 0.945. The Hall–Kier alpha value is -1.62. The molecule has 1 aliphatic rings. The first-order valence-electron chi connectivity index (χ1n) is 6.90.